The summed E-state index contributed by atoms with van der Waals surface area (Å²) in [6.45, 7) is 11.0. The average molecular weight is 279 g/mol. The molecule has 0 aromatic heterocycles. The molecule has 1 aromatic carbocycles. The van der Waals surface area contributed by atoms with Crippen molar-refractivity contribution in [3.8, 4) is 0 Å². The van der Waals surface area contributed by atoms with Crippen LogP contribution in [0.15, 0.2) is 24.3 Å². The van der Waals surface area contributed by atoms with Crippen molar-refractivity contribution in [2.24, 2.45) is 0 Å². The highest BCUT2D eigenvalue weighted by Crippen LogP contribution is 2.05. The fourth-order valence-electron chi connectivity index (χ4n) is 2.15. The minimum absolute atomic E-state index is 0.204. The van der Waals surface area contributed by atoms with E-state index in [0.717, 1.165) is 26.3 Å². The number of rotatable bonds is 5. The lowest BCUT2D eigenvalue weighted by atomic mass is 10.2. The van der Waals surface area contributed by atoms with Gasteiger partial charge in [0.25, 0.3) is 0 Å². The summed E-state index contributed by atoms with van der Waals surface area (Å²) in [5.41, 5.74) is 1.33. The van der Waals surface area contributed by atoms with E-state index in [1.807, 2.05) is 0 Å². The van der Waals surface area contributed by atoms with Crippen LogP contribution in [0.1, 0.15) is 5.56 Å². The largest absolute Gasteiger partial charge is 0.376 e. The maximum Gasteiger partial charge on any atom is 0.0933 e. The molecule has 2 rings (SSSR count). The summed E-state index contributed by atoms with van der Waals surface area (Å²) in [4.78, 5) is 0. The molecule has 1 saturated heterocycles. The Labute approximate surface area is 117 Å². The molecule has 0 radical (unpaired) electrons. The standard InChI is InChI=1S/C15H25NO2Si/c1-19(2,3)15-6-4-13(5-7-15)10-16-11-14-12-17-8-9-18-14/h4-7,14,16H,8-12H2,1-3H3. The smallest absolute Gasteiger partial charge is 0.0933 e. The Balaban J connectivity index is 1.76. The second-order valence-electron chi connectivity index (χ2n) is 6.15. The summed E-state index contributed by atoms with van der Waals surface area (Å²) in [7, 11) is -1.17. The molecular weight excluding hydrogens is 254 g/mol. The van der Waals surface area contributed by atoms with E-state index in [4.69, 9.17) is 9.47 Å². The van der Waals surface area contributed by atoms with Crippen LogP contribution in [0.5, 0.6) is 0 Å². The Morgan fingerprint density at radius 2 is 1.89 bits per heavy atom. The summed E-state index contributed by atoms with van der Waals surface area (Å²) in [6.07, 6.45) is 0.204. The maximum atomic E-state index is 5.60. The van der Waals surface area contributed by atoms with Gasteiger partial charge >= 0.3 is 0 Å². The molecule has 3 nitrogen and oxygen atoms in total. The number of ether oxygens (including phenoxy) is 2. The molecule has 1 N–H and O–H groups in total. The Bertz CT molecular complexity index is 380. The van der Waals surface area contributed by atoms with E-state index in [0.29, 0.717) is 6.61 Å². The molecule has 1 unspecified atom stereocenters. The van der Waals surface area contributed by atoms with Gasteiger partial charge in [-0.1, -0.05) is 49.1 Å². The second-order valence-corrected chi connectivity index (χ2v) is 11.2. The van der Waals surface area contributed by atoms with Gasteiger partial charge in [-0.15, -0.1) is 0 Å². The lowest BCUT2D eigenvalue weighted by Gasteiger charge is -2.23. The van der Waals surface area contributed by atoms with Crippen molar-refractivity contribution in [2.75, 3.05) is 26.4 Å². The predicted molar refractivity (Wildman–Crippen MR) is 81.7 cm³/mol. The average Bonchev–Trinajstić information content (AvgIpc) is 2.39. The van der Waals surface area contributed by atoms with E-state index < -0.39 is 8.07 Å². The van der Waals surface area contributed by atoms with Crippen LogP contribution >= 0.6 is 0 Å². The first-order valence-electron chi connectivity index (χ1n) is 7.05. The summed E-state index contributed by atoms with van der Waals surface area (Å²) >= 11 is 0. The zero-order chi connectivity index (χ0) is 13.7. The minimum Gasteiger partial charge on any atom is -0.376 e. The van der Waals surface area contributed by atoms with Crippen LogP contribution in [0.3, 0.4) is 0 Å². The molecule has 1 heterocycles. The van der Waals surface area contributed by atoms with E-state index in [1.165, 1.54) is 10.8 Å². The van der Waals surface area contributed by atoms with Crippen molar-refractivity contribution in [3.63, 3.8) is 0 Å². The van der Waals surface area contributed by atoms with Gasteiger partial charge in [0.15, 0.2) is 0 Å². The van der Waals surface area contributed by atoms with Gasteiger partial charge in [-0.2, -0.15) is 0 Å². The van der Waals surface area contributed by atoms with Crippen molar-refractivity contribution in [1.82, 2.24) is 5.32 Å². The van der Waals surface area contributed by atoms with Gasteiger partial charge in [0.05, 0.1) is 34.0 Å². The first-order valence-corrected chi connectivity index (χ1v) is 10.6. The third-order valence-corrected chi connectivity index (χ3v) is 5.47. The zero-order valence-electron chi connectivity index (χ0n) is 12.2. The fourth-order valence-corrected chi connectivity index (χ4v) is 3.32. The molecule has 0 amide bonds. The number of benzene rings is 1. The van der Waals surface area contributed by atoms with Gasteiger partial charge in [-0.05, 0) is 5.56 Å². The maximum absolute atomic E-state index is 5.60. The van der Waals surface area contributed by atoms with Crippen LogP contribution in [-0.2, 0) is 16.0 Å². The van der Waals surface area contributed by atoms with E-state index in [1.54, 1.807) is 0 Å². The predicted octanol–water partition coefficient (Wildman–Crippen LogP) is 1.74. The molecule has 1 aliphatic heterocycles. The number of nitrogens with one attached hydrogen (secondary N) is 1. The molecule has 4 heteroatoms. The van der Waals surface area contributed by atoms with Crippen molar-refractivity contribution >= 4 is 13.3 Å². The monoisotopic (exact) mass is 279 g/mol. The Kier molecular flexibility index (Phi) is 5.16. The van der Waals surface area contributed by atoms with Crippen LogP contribution in [-0.4, -0.2) is 40.5 Å². The number of hydrogen-bond acceptors (Lipinski definition) is 3. The number of hydrogen-bond donors (Lipinski definition) is 1. The van der Waals surface area contributed by atoms with Gasteiger partial charge in [0.1, 0.15) is 0 Å². The first-order chi connectivity index (χ1) is 9.05. The molecule has 0 saturated carbocycles. The molecule has 1 atom stereocenters. The Morgan fingerprint density at radius 1 is 1.16 bits per heavy atom. The minimum atomic E-state index is -1.17. The van der Waals surface area contributed by atoms with Gasteiger partial charge in [-0.3, -0.25) is 0 Å². The molecule has 1 aromatic rings. The second kappa shape index (κ2) is 6.66. The van der Waals surface area contributed by atoms with Crippen LogP contribution < -0.4 is 10.5 Å². The van der Waals surface area contributed by atoms with Crippen LogP contribution in [0.25, 0.3) is 0 Å². The highest BCUT2D eigenvalue weighted by molar-refractivity contribution is 6.88. The quantitative estimate of drug-likeness (QED) is 0.833. The first kappa shape index (κ1) is 14.7. The van der Waals surface area contributed by atoms with Crippen LogP contribution in [0.4, 0.5) is 0 Å². The lowest BCUT2D eigenvalue weighted by Crippen LogP contribution is -2.38. The van der Waals surface area contributed by atoms with Crippen molar-refractivity contribution in [3.05, 3.63) is 29.8 Å². The molecule has 0 bridgehead atoms. The van der Waals surface area contributed by atoms with E-state index >= 15 is 0 Å². The molecule has 1 fully saturated rings. The third kappa shape index (κ3) is 4.73. The van der Waals surface area contributed by atoms with Crippen LogP contribution in [0.2, 0.25) is 19.6 Å². The molecule has 0 aliphatic carbocycles. The summed E-state index contributed by atoms with van der Waals surface area (Å²) in [5.74, 6) is 0. The lowest BCUT2D eigenvalue weighted by molar-refractivity contribution is -0.0864. The summed E-state index contributed by atoms with van der Waals surface area (Å²) in [5, 5.41) is 4.95. The third-order valence-electron chi connectivity index (χ3n) is 3.41. The molecule has 0 spiro atoms. The van der Waals surface area contributed by atoms with Crippen molar-refractivity contribution in [1.29, 1.82) is 0 Å². The highest BCUT2D eigenvalue weighted by atomic mass is 28.3. The van der Waals surface area contributed by atoms with Crippen LogP contribution in [0, 0.1) is 0 Å². The van der Waals surface area contributed by atoms with Gasteiger partial charge in [0, 0.05) is 13.1 Å². The van der Waals surface area contributed by atoms with E-state index in [-0.39, 0.29) is 6.10 Å². The van der Waals surface area contributed by atoms with E-state index in [9.17, 15) is 0 Å². The topological polar surface area (TPSA) is 30.5 Å². The summed E-state index contributed by atoms with van der Waals surface area (Å²) < 4.78 is 11.0. The molecule has 106 valence electrons. The van der Waals surface area contributed by atoms with E-state index in [2.05, 4.69) is 49.2 Å². The van der Waals surface area contributed by atoms with Gasteiger partial charge in [0.2, 0.25) is 0 Å². The van der Waals surface area contributed by atoms with Crippen molar-refractivity contribution < 1.29 is 9.47 Å². The normalized spacial score (nSPS) is 20.5. The van der Waals surface area contributed by atoms with Gasteiger partial charge in [-0.25, -0.2) is 0 Å². The fraction of sp³-hybridized carbons (Fsp3) is 0.600. The highest BCUT2D eigenvalue weighted by Gasteiger charge is 2.16. The van der Waals surface area contributed by atoms with Gasteiger partial charge < -0.3 is 14.8 Å². The van der Waals surface area contributed by atoms with Crippen molar-refractivity contribution in [2.45, 2.75) is 32.3 Å². The SMILES string of the molecule is C[Si](C)(C)c1ccc(CNCC2COCCO2)cc1. The Morgan fingerprint density at radius 3 is 2.47 bits per heavy atom. The Hall–Kier alpha value is -0.683. The zero-order valence-corrected chi connectivity index (χ0v) is 13.2. The molecule has 19 heavy (non-hydrogen) atoms. The summed E-state index contributed by atoms with van der Waals surface area (Å²) in [6, 6.07) is 9.03. The molecular formula is C15H25NO2Si. The molecule has 1 aliphatic rings.